The van der Waals surface area contributed by atoms with E-state index in [-0.39, 0.29) is 12.4 Å². The molecule has 2 aromatic rings. The number of hydrogen-bond donors (Lipinski definition) is 1. The molecule has 0 saturated heterocycles. The van der Waals surface area contributed by atoms with Crippen molar-refractivity contribution in [2.45, 2.75) is 20.8 Å². The number of carbonyl (C=O) groups excluding carboxylic acids is 2. The Kier molecular flexibility index (Phi) is 5.72. The summed E-state index contributed by atoms with van der Waals surface area (Å²) in [6.07, 6.45) is 0. The molecule has 0 saturated carbocycles. The highest BCUT2D eigenvalue weighted by atomic mass is 16.5. The number of rotatable bonds is 4. The molecule has 0 radical (unpaired) electrons. The molecule has 0 unspecified atom stereocenters. The van der Waals surface area contributed by atoms with Gasteiger partial charge in [0.2, 0.25) is 5.91 Å². The fraction of sp³-hybridized carbons (Fsp3) is 0.250. The second-order valence-corrected chi connectivity index (χ2v) is 4.01. The van der Waals surface area contributed by atoms with Crippen LogP contribution in [0.5, 0.6) is 5.75 Å². The van der Waals surface area contributed by atoms with E-state index in [2.05, 4.69) is 0 Å². The number of nitrogens with two attached hydrogens (primary N) is 1. The lowest BCUT2D eigenvalue weighted by atomic mass is 10.0. The van der Waals surface area contributed by atoms with E-state index in [1.165, 1.54) is 6.92 Å². The Morgan fingerprint density at radius 3 is 2.20 bits per heavy atom. The van der Waals surface area contributed by atoms with Gasteiger partial charge in [0.05, 0.1) is 0 Å². The van der Waals surface area contributed by atoms with Gasteiger partial charge in [0.1, 0.15) is 12.4 Å². The van der Waals surface area contributed by atoms with E-state index in [0.717, 1.165) is 10.8 Å². The van der Waals surface area contributed by atoms with Gasteiger partial charge in [0.25, 0.3) is 0 Å². The van der Waals surface area contributed by atoms with Crippen LogP contribution in [0.4, 0.5) is 0 Å². The molecular formula is C16H19NO3. The normalized spacial score (nSPS) is 9.55. The van der Waals surface area contributed by atoms with Crippen molar-refractivity contribution in [2.24, 2.45) is 5.73 Å². The Labute approximate surface area is 118 Å². The molecule has 1 amide bonds. The van der Waals surface area contributed by atoms with Crippen LogP contribution in [0.1, 0.15) is 31.1 Å². The minimum atomic E-state index is -0.482. The number of amides is 1. The third-order valence-electron chi connectivity index (χ3n) is 2.58. The SMILES string of the molecule is CC.CC(=O)COc1ccc(C(N)=O)c2ccccc12. The first-order chi connectivity index (χ1) is 9.59. The molecule has 0 aliphatic carbocycles. The van der Waals surface area contributed by atoms with Crippen molar-refractivity contribution in [3.05, 3.63) is 42.0 Å². The second kappa shape index (κ2) is 7.28. The lowest BCUT2D eigenvalue weighted by molar-refractivity contribution is -0.118. The first-order valence-electron chi connectivity index (χ1n) is 6.53. The summed E-state index contributed by atoms with van der Waals surface area (Å²) in [5.41, 5.74) is 5.76. The molecule has 0 fully saturated rings. The summed E-state index contributed by atoms with van der Waals surface area (Å²) < 4.78 is 5.41. The second-order valence-electron chi connectivity index (χ2n) is 4.01. The third kappa shape index (κ3) is 3.57. The molecule has 0 aromatic heterocycles. The topological polar surface area (TPSA) is 69.4 Å². The lowest BCUT2D eigenvalue weighted by Crippen LogP contribution is -2.12. The lowest BCUT2D eigenvalue weighted by Gasteiger charge is -2.10. The Hall–Kier alpha value is -2.36. The Bertz CT molecular complexity index is 620. The first-order valence-corrected chi connectivity index (χ1v) is 6.53. The molecule has 106 valence electrons. The fourth-order valence-electron chi connectivity index (χ4n) is 1.79. The molecule has 2 aromatic carbocycles. The van der Waals surface area contributed by atoms with Gasteiger partial charge in [-0.25, -0.2) is 0 Å². The van der Waals surface area contributed by atoms with Crippen LogP contribution in [-0.4, -0.2) is 18.3 Å². The van der Waals surface area contributed by atoms with E-state index >= 15 is 0 Å². The van der Waals surface area contributed by atoms with E-state index < -0.39 is 5.91 Å². The molecule has 0 aliphatic rings. The standard InChI is InChI=1S/C14H13NO3.C2H6/c1-9(16)8-18-13-7-6-12(14(15)17)10-4-2-3-5-11(10)13;1-2/h2-7H,8H2,1H3,(H2,15,17);1-2H3. The summed E-state index contributed by atoms with van der Waals surface area (Å²) in [5.74, 6) is 0.0353. The molecule has 2 rings (SSSR count). The maximum atomic E-state index is 11.3. The van der Waals surface area contributed by atoms with Crippen LogP contribution < -0.4 is 10.5 Å². The molecule has 2 N–H and O–H groups in total. The number of ketones is 1. The van der Waals surface area contributed by atoms with E-state index in [1.807, 2.05) is 32.0 Å². The van der Waals surface area contributed by atoms with Crippen molar-refractivity contribution < 1.29 is 14.3 Å². The predicted octanol–water partition coefficient (Wildman–Crippen LogP) is 2.93. The van der Waals surface area contributed by atoms with E-state index in [1.54, 1.807) is 18.2 Å². The largest absolute Gasteiger partial charge is 0.485 e. The van der Waals surface area contributed by atoms with Gasteiger partial charge < -0.3 is 10.5 Å². The highest BCUT2D eigenvalue weighted by Crippen LogP contribution is 2.28. The predicted molar refractivity (Wildman–Crippen MR) is 80.0 cm³/mol. The molecule has 0 spiro atoms. The number of benzene rings is 2. The highest BCUT2D eigenvalue weighted by Gasteiger charge is 2.10. The molecule has 0 heterocycles. The van der Waals surface area contributed by atoms with Crippen molar-refractivity contribution in [2.75, 3.05) is 6.61 Å². The Morgan fingerprint density at radius 2 is 1.65 bits per heavy atom. The number of carbonyl (C=O) groups is 2. The quantitative estimate of drug-likeness (QED) is 0.931. The van der Waals surface area contributed by atoms with Crippen LogP contribution in [-0.2, 0) is 4.79 Å². The van der Waals surface area contributed by atoms with Gasteiger partial charge in [0.15, 0.2) is 5.78 Å². The minimum absolute atomic E-state index is 0.0138. The minimum Gasteiger partial charge on any atom is -0.485 e. The molecule has 0 aliphatic heterocycles. The average Bonchev–Trinajstić information content (AvgIpc) is 2.46. The van der Waals surface area contributed by atoms with Gasteiger partial charge in [-0.1, -0.05) is 38.1 Å². The number of Topliss-reactive ketones (excluding diaryl/α,β-unsaturated/α-hetero) is 1. The van der Waals surface area contributed by atoms with Crippen molar-refractivity contribution in [3.63, 3.8) is 0 Å². The van der Waals surface area contributed by atoms with Crippen molar-refractivity contribution >= 4 is 22.5 Å². The number of ether oxygens (including phenoxy) is 1. The molecular weight excluding hydrogens is 254 g/mol. The van der Waals surface area contributed by atoms with Crippen LogP contribution in [0.3, 0.4) is 0 Å². The fourth-order valence-corrected chi connectivity index (χ4v) is 1.79. The van der Waals surface area contributed by atoms with E-state index in [4.69, 9.17) is 10.5 Å². The van der Waals surface area contributed by atoms with E-state index in [9.17, 15) is 9.59 Å². The zero-order valence-electron chi connectivity index (χ0n) is 12.0. The molecule has 20 heavy (non-hydrogen) atoms. The van der Waals surface area contributed by atoms with Gasteiger partial charge >= 0.3 is 0 Å². The highest BCUT2D eigenvalue weighted by molar-refractivity contribution is 6.08. The van der Waals surface area contributed by atoms with Gasteiger partial charge in [0, 0.05) is 10.9 Å². The first kappa shape index (κ1) is 15.7. The molecule has 0 atom stereocenters. The Morgan fingerprint density at radius 1 is 1.05 bits per heavy atom. The van der Waals surface area contributed by atoms with Gasteiger partial charge in [-0.15, -0.1) is 0 Å². The summed E-state index contributed by atoms with van der Waals surface area (Å²) in [6.45, 7) is 5.47. The van der Waals surface area contributed by atoms with Gasteiger partial charge in [-0.3, -0.25) is 9.59 Å². The summed E-state index contributed by atoms with van der Waals surface area (Å²) in [6, 6.07) is 10.6. The van der Waals surface area contributed by atoms with Gasteiger partial charge in [-0.2, -0.15) is 0 Å². The monoisotopic (exact) mass is 273 g/mol. The summed E-state index contributed by atoms with van der Waals surface area (Å²) in [4.78, 5) is 22.2. The third-order valence-corrected chi connectivity index (χ3v) is 2.58. The van der Waals surface area contributed by atoms with Crippen molar-refractivity contribution in [3.8, 4) is 5.75 Å². The van der Waals surface area contributed by atoms with E-state index in [0.29, 0.717) is 11.3 Å². The van der Waals surface area contributed by atoms with Gasteiger partial charge in [-0.05, 0) is 24.4 Å². The molecule has 0 bridgehead atoms. The maximum absolute atomic E-state index is 11.3. The van der Waals surface area contributed by atoms with Crippen LogP contribution in [0.25, 0.3) is 10.8 Å². The zero-order chi connectivity index (χ0) is 15.1. The summed E-state index contributed by atoms with van der Waals surface area (Å²) >= 11 is 0. The summed E-state index contributed by atoms with van der Waals surface area (Å²) in [5, 5.41) is 1.50. The van der Waals surface area contributed by atoms with Crippen LogP contribution >= 0.6 is 0 Å². The zero-order valence-corrected chi connectivity index (χ0v) is 12.0. The van der Waals surface area contributed by atoms with Crippen LogP contribution in [0.15, 0.2) is 36.4 Å². The smallest absolute Gasteiger partial charge is 0.249 e. The molecule has 4 heteroatoms. The van der Waals surface area contributed by atoms with Crippen LogP contribution in [0, 0.1) is 0 Å². The Balaban J connectivity index is 0.000000956. The number of primary amides is 1. The van der Waals surface area contributed by atoms with Crippen molar-refractivity contribution in [1.29, 1.82) is 0 Å². The number of fused-ring (bicyclic) bond motifs is 1. The van der Waals surface area contributed by atoms with Crippen LogP contribution in [0.2, 0.25) is 0 Å². The average molecular weight is 273 g/mol. The number of hydrogen-bond acceptors (Lipinski definition) is 3. The molecule has 4 nitrogen and oxygen atoms in total. The maximum Gasteiger partial charge on any atom is 0.249 e. The summed E-state index contributed by atoms with van der Waals surface area (Å²) in [7, 11) is 0. The van der Waals surface area contributed by atoms with Crippen molar-refractivity contribution in [1.82, 2.24) is 0 Å².